The number of phenols is 1. The SMILES string of the molecule is NC1CCCCC1CC(=O)N1CCN(c2ccccc2O)CC1. The number of aromatic hydroxyl groups is 1. The first-order chi connectivity index (χ1) is 11.1. The maximum Gasteiger partial charge on any atom is 0.223 e. The monoisotopic (exact) mass is 317 g/mol. The van der Waals surface area contributed by atoms with E-state index in [0.29, 0.717) is 18.1 Å². The second kappa shape index (κ2) is 7.21. The van der Waals surface area contributed by atoms with E-state index >= 15 is 0 Å². The first-order valence-electron chi connectivity index (χ1n) is 8.71. The van der Waals surface area contributed by atoms with Crippen LogP contribution in [-0.4, -0.2) is 48.1 Å². The number of benzene rings is 1. The highest BCUT2D eigenvalue weighted by Crippen LogP contribution is 2.29. The largest absolute Gasteiger partial charge is 0.506 e. The predicted molar refractivity (Wildman–Crippen MR) is 91.5 cm³/mol. The zero-order valence-electron chi connectivity index (χ0n) is 13.7. The van der Waals surface area contributed by atoms with Gasteiger partial charge in [0.15, 0.2) is 0 Å². The first-order valence-corrected chi connectivity index (χ1v) is 8.71. The number of anilines is 1. The third kappa shape index (κ3) is 3.78. The van der Waals surface area contributed by atoms with Crippen LogP contribution in [0.25, 0.3) is 0 Å². The summed E-state index contributed by atoms with van der Waals surface area (Å²) in [6.45, 7) is 2.96. The summed E-state index contributed by atoms with van der Waals surface area (Å²) in [5, 5.41) is 9.95. The summed E-state index contributed by atoms with van der Waals surface area (Å²) < 4.78 is 0. The molecule has 1 amide bonds. The summed E-state index contributed by atoms with van der Waals surface area (Å²) in [4.78, 5) is 16.6. The fourth-order valence-corrected chi connectivity index (χ4v) is 3.77. The van der Waals surface area contributed by atoms with Crippen LogP contribution in [0.3, 0.4) is 0 Å². The highest BCUT2D eigenvalue weighted by atomic mass is 16.3. The Labute approximate surface area is 138 Å². The van der Waals surface area contributed by atoms with E-state index in [1.165, 1.54) is 12.8 Å². The molecule has 126 valence electrons. The molecule has 1 aliphatic heterocycles. The number of nitrogens with zero attached hydrogens (tertiary/aromatic N) is 2. The van der Waals surface area contributed by atoms with E-state index in [9.17, 15) is 9.90 Å². The second-order valence-corrected chi connectivity index (χ2v) is 6.77. The maximum absolute atomic E-state index is 12.5. The summed E-state index contributed by atoms with van der Waals surface area (Å²) in [7, 11) is 0. The van der Waals surface area contributed by atoms with Crippen LogP contribution in [-0.2, 0) is 4.79 Å². The van der Waals surface area contributed by atoms with Crippen molar-refractivity contribution in [2.75, 3.05) is 31.1 Å². The van der Waals surface area contributed by atoms with Crippen molar-refractivity contribution in [3.05, 3.63) is 24.3 Å². The molecule has 0 radical (unpaired) electrons. The molecule has 3 N–H and O–H groups in total. The van der Waals surface area contributed by atoms with E-state index in [0.717, 1.165) is 44.7 Å². The van der Waals surface area contributed by atoms with Crippen LogP contribution in [0.5, 0.6) is 5.75 Å². The van der Waals surface area contributed by atoms with Gasteiger partial charge in [-0.05, 0) is 30.9 Å². The molecule has 3 rings (SSSR count). The molecular weight excluding hydrogens is 290 g/mol. The summed E-state index contributed by atoms with van der Waals surface area (Å²) in [5.74, 6) is 0.900. The number of hydrogen-bond donors (Lipinski definition) is 2. The van der Waals surface area contributed by atoms with Crippen molar-refractivity contribution in [3.8, 4) is 5.75 Å². The van der Waals surface area contributed by atoms with Gasteiger partial charge in [-0.3, -0.25) is 4.79 Å². The zero-order chi connectivity index (χ0) is 16.2. The molecule has 1 aliphatic carbocycles. The smallest absolute Gasteiger partial charge is 0.223 e. The Kier molecular flexibility index (Phi) is 5.06. The molecule has 0 aromatic heterocycles. The number of phenolic OH excluding ortho intramolecular Hbond substituents is 1. The van der Waals surface area contributed by atoms with E-state index in [1.54, 1.807) is 6.07 Å². The fourth-order valence-electron chi connectivity index (χ4n) is 3.77. The molecule has 1 aromatic rings. The number of rotatable bonds is 3. The lowest BCUT2D eigenvalue weighted by molar-refractivity contribution is -0.132. The third-order valence-corrected chi connectivity index (χ3v) is 5.26. The van der Waals surface area contributed by atoms with E-state index in [1.807, 2.05) is 23.1 Å². The number of carbonyl (C=O) groups is 1. The van der Waals surface area contributed by atoms with Crippen molar-refractivity contribution in [2.45, 2.75) is 38.1 Å². The summed E-state index contributed by atoms with van der Waals surface area (Å²) in [5.41, 5.74) is 7.02. The quantitative estimate of drug-likeness (QED) is 0.894. The molecule has 2 aliphatic rings. The fraction of sp³-hybridized carbons (Fsp3) is 0.611. The zero-order valence-corrected chi connectivity index (χ0v) is 13.7. The molecule has 0 bridgehead atoms. The molecule has 2 atom stereocenters. The van der Waals surface area contributed by atoms with E-state index < -0.39 is 0 Å². The standard InChI is InChI=1S/C18H27N3O2/c19-15-6-2-1-5-14(15)13-18(23)21-11-9-20(10-12-21)16-7-3-4-8-17(16)22/h3-4,7-8,14-15,22H,1-2,5-6,9-13,19H2. The van der Waals surface area contributed by atoms with Crippen molar-refractivity contribution in [1.82, 2.24) is 4.90 Å². The lowest BCUT2D eigenvalue weighted by atomic mass is 9.82. The minimum Gasteiger partial charge on any atom is -0.506 e. The molecule has 1 aromatic carbocycles. The summed E-state index contributed by atoms with van der Waals surface area (Å²) in [6.07, 6.45) is 5.14. The average Bonchev–Trinajstić information content (AvgIpc) is 2.57. The molecule has 0 spiro atoms. The third-order valence-electron chi connectivity index (χ3n) is 5.26. The summed E-state index contributed by atoms with van der Waals surface area (Å²) >= 11 is 0. The molecule has 2 fully saturated rings. The van der Waals surface area contributed by atoms with Gasteiger partial charge in [0.1, 0.15) is 5.75 Å². The van der Waals surface area contributed by atoms with Crippen LogP contribution >= 0.6 is 0 Å². The number of amides is 1. The Morgan fingerprint density at radius 3 is 2.52 bits per heavy atom. The van der Waals surface area contributed by atoms with Crippen molar-refractivity contribution < 1.29 is 9.90 Å². The average molecular weight is 317 g/mol. The molecule has 2 unspecified atom stereocenters. The van der Waals surface area contributed by atoms with Crippen LogP contribution < -0.4 is 10.6 Å². The minimum absolute atomic E-state index is 0.190. The lowest BCUT2D eigenvalue weighted by Gasteiger charge is -2.37. The Morgan fingerprint density at radius 2 is 1.83 bits per heavy atom. The van der Waals surface area contributed by atoms with Crippen LogP contribution in [0, 0.1) is 5.92 Å². The van der Waals surface area contributed by atoms with Gasteiger partial charge < -0.3 is 20.6 Å². The molecule has 1 heterocycles. The van der Waals surface area contributed by atoms with E-state index in [2.05, 4.69) is 4.90 Å². The Bertz CT molecular complexity index is 541. The summed E-state index contributed by atoms with van der Waals surface area (Å²) in [6, 6.07) is 7.57. The number of piperazine rings is 1. The highest BCUT2D eigenvalue weighted by molar-refractivity contribution is 5.77. The van der Waals surface area contributed by atoms with Crippen molar-refractivity contribution in [1.29, 1.82) is 0 Å². The molecule has 1 saturated carbocycles. The molecule has 5 nitrogen and oxygen atoms in total. The van der Waals surface area contributed by atoms with Crippen molar-refractivity contribution in [2.24, 2.45) is 11.7 Å². The number of nitrogens with two attached hydrogens (primary N) is 1. The molecule has 5 heteroatoms. The van der Waals surface area contributed by atoms with Gasteiger partial charge in [0.25, 0.3) is 0 Å². The second-order valence-electron chi connectivity index (χ2n) is 6.77. The van der Waals surface area contributed by atoms with Crippen molar-refractivity contribution >= 4 is 11.6 Å². The maximum atomic E-state index is 12.5. The molecule has 23 heavy (non-hydrogen) atoms. The van der Waals surface area contributed by atoms with E-state index in [-0.39, 0.29) is 11.9 Å². The molecular formula is C18H27N3O2. The van der Waals surface area contributed by atoms with Crippen LogP contribution in [0.4, 0.5) is 5.69 Å². The van der Waals surface area contributed by atoms with Gasteiger partial charge in [-0.15, -0.1) is 0 Å². The molecule has 1 saturated heterocycles. The van der Waals surface area contributed by atoms with Crippen LogP contribution in [0.2, 0.25) is 0 Å². The van der Waals surface area contributed by atoms with E-state index in [4.69, 9.17) is 5.73 Å². The highest BCUT2D eigenvalue weighted by Gasteiger charge is 2.28. The Hall–Kier alpha value is -1.75. The Morgan fingerprint density at radius 1 is 1.13 bits per heavy atom. The van der Waals surface area contributed by atoms with Gasteiger partial charge in [0.05, 0.1) is 5.69 Å². The van der Waals surface area contributed by atoms with Gasteiger partial charge in [-0.1, -0.05) is 25.0 Å². The number of carbonyl (C=O) groups excluding carboxylic acids is 1. The van der Waals surface area contributed by atoms with Gasteiger partial charge >= 0.3 is 0 Å². The number of para-hydroxylation sites is 2. The van der Waals surface area contributed by atoms with Gasteiger partial charge in [0, 0.05) is 38.6 Å². The van der Waals surface area contributed by atoms with Crippen LogP contribution in [0.15, 0.2) is 24.3 Å². The first kappa shape index (κ1) is 16.1. The number of hydrogen-bond acceptors (Lipinski definition) is 4. The van der Waals surface area contributed by atoms with Gasteiger partial charge in [-0.2, -0.15) is 0 Å². The van der Waals surface area contributed by atoms with Gasteiger partial charge in [0.2, 0.25) is 5.91 Å². The Balaban J connectivity index is 1.52. The normalized spacial score (nSPS) is 25.4. The topological polar surface area (TPSA) is 69.8 Å². The van der Waals surface area contributed by atoms with Crippen molar-refractivity contribution in [3.63, 3.8) is 0 Å². The lowest BCUT2D eigenvalue weighted by Crippen LogP contribution is -2.49. The van der Waals surface area contributed by atoms with Gasteiger partial charge in [-0.25, -0.2) is 0 Å². The predicted octanol–water partition coefficient (Wildman–Crippen LogP) is 1.95. The minimum atomic E-state index is 0.190. The van der Waals surface area contributed by atoms with Crippen LogP contribution in [0.1, 0.15) is 32.1 Å².